The van der Waals surface area contributed by atoms with Gasteiger partial charge in [0.25, 0.3) is 0 Å². The summed E-state index contributed by atoms with van der Waals surface area (Å²) in [7, 11) is 0. The Hall–Kier alpha value is -2.07. The number of rotatable bonds is 4. The normalized spacial score (nSPS) is 22.6. The van der Waals surface area contributed by atoms with Crippen molar-refractivity contribution < 1.29 is 9.47 Å². The Balaban J connectivity index is 1.68. The maximum Gasteiger partial charge on any atom is 0.150 e. The van der Waals surface area contributed by atoms with Crippen molar-refractivity contribution in [3.05, 3.63) is 23.4 Å². The molecule has 2 N–H and O–H groups in total. The minimum absolute atomic E-state index is 0.0583. The van der Waals surface area contributed by atoms with Crippen molar-refractivity contribution in [3.8, 4) is 11.4 Å². The summed E-state index contributed by atoms with van der Waals surface area (Å²) in [6.07, 6.45) is 3.14. The highest BCUT2D eigenvalue weighted by Crippen LogP contribution is 2.39. The molecule has 2 atom stereocenters. The molecule has 9 heteroatoms. The van der Waals surface area contributed by atoms with Gasteiger partial charge in [-0.1, -0.05) is 0 Å². The van der Waals surface area contributed by atoms with Crippen LogP contribution in [0, 0.1) is 6.92 Å². The summed E-state index contributed by atoms with van der Waals surface area (Å²) in [5.41, 5.74) is 10.8. The second kappa shape index (κ2) is 8.37. The van der Waals surface area contributed by atoms with Crippen molar-refractivity contribution >= 4 is 27.6 Å². The predicted molar refractivity (Wildman–Crippen MR) is 127 cm³/mol. The highest BCUT2D eigenvalue weighted by Gasteiger charge is 2.29. The lowest BCUT2D eigenvalue weighted by molar-refractivity contribution is -0.0385. The van der Waals surface area contributed by atoms with Gasteiger partial charge in [-0.05, 0) is 76.2 Å². The molecular formula is C23H32N6O2S. The molecule has 0 aromatic carbocycles. The van der Waals surface area contributed by atoms with Crippen LogP contribution in [0.1, 0.15) is 57.5 Å². The summed E-state index contributed by atoms with van der Waals surface area (Å²) in [6, 6.07) is 4.48. The zero-order valence-electron chi connectivity index (χ0n) is 19.3. The van der Waals surface area contributed by atoms with Crippen LogP contribution >= 0.6 is 11.5 Å². The van der Waals surface area contributed by atoms with E-state index < -0.39 is 5.54 Å². The van der Waals surface area contributed by atoms with Gasteiger partial charge in [0.2, 0.25) is 0 Å². The molecule has 0 aliphatic carbocycles. The third-order valence-electron chi connectivity index (χ3n) is 6.30. The number of aromatic nitrogens is 4. The fourth-order valence-corrected chi connectivity index (χ4v) is 5.61. The number of hydrogen-bond acceptors (Lipinski definition) is 8. The van der Waals surface area contributed by atoms with Gasteiger partial charge in [-0.15, -0.1) is 0 Å². The minimum Gasteiger partial charge on any atom is -0.377 e. The van der Waals surface area contributed by atoms with Gasteiger partial charge in [0.05, 0.1) is 35.3 Å². The SMILES string of the molecule is Cc1cc(-c2nsc3c(C(C)(C)N)cc(N4CCOC[C@H]4C)nc23)n(C2CCCCO2)n1. The highest BCUT2D eigenvalue weighted by atomic mass is 32.1. The van der Waals surface area contributed by atoms with Gasteiger partial charge < -0.3 is 20.1 Å². The molecule has 2 aliphatic heterocycles. The second-order valence-electron chi connectivity index (χ2n) is 9.51. The van der Waals surface area contributed by atoms with E-state index in [-0.39, 0.29) is 12.3 Å². The monoisotopic (exact) mass is 456 g/mol. The van der Waals surface area contributed by atoms with Crippen molar-refractivity contribution in [2.24, 2.45) is 5.73 Å². The standard InChI is InChI=1S/C23H32N6O2S/c1-14-11-17(29(26-14)19-7-5-6-9-31-19)20-21-22(32-27-20)16(23(3,4)24)12-18(25-21)28-8-10-30-13-15(28)2/h11-12,15,19H,5-10,13,24H2,1-4H3/t15-,19?/m1/s1. The third-order valence-corrected chi connectivity index (χ3v) is 7.17. The molecule has 2 aliphatic rings. The smallest absolute Gasteiger partial charge is 0.150 e. The number of aryl methyl sites for hydroxylation is 1. The van der Waals surface area contributed by atoms with Crippen LogP contribution in [-0.4, -0.2) is 51.5 Å². The Kier molecular flexibility index (Phi) is 5.69. The first-order valence-corrected chi connectivity index (χ1v) is 12.2. The molecule has 0 radical (unpaired) electrons. The van der Waals surface area contributed by atoms with E-state index >= 15 is 0 Å². The summed E-state index contributed by atoms with van der Waals surface area (Å²) in [5.74, 6) is 0.931. The molecular weight excluding hydrogens is 424 g/mol. The number of hydrogen-bond donors (Lipinski definition) is 1. The first-order valence-electron chi connectivity index (χ1n) is 11.4. The molecule has 1 unspecified atom stereocenters. The number of nitrogens with two attached hydrogens (primary N) is 1. The summed E-state index contributed by atoms with van der Waals surface area (Å²) >= 11 is 1.47. The van der Waals surface area contributed by atoms with Gasteiger partial charge in [-0.3, -0.25) is 0 Å². The number of ether oxygens (including phenoxy) is 2. The van der Waals surface area contributed by atoms with Crippen molar-refractivity contribution in [2.45, 2.75) is 64.8 Å². The van der Waals surface area contributed by atoms with Gasteiger partial charge in [0.15, 0.2) is 6.23 Å². The van der Waals surface area contributed by atoms with Gasteiger partial charge in [-0.25, -0.2) is 9.67 Å². The van der Waals surface area contributed by atoms with Gasteiger partial charge >= 0.3 is 0 Å². The molecule has 8 nitrogen and oxygen atoms in total. The average Bonchev–Trinajstić information content (AvgIpc) is 3.36. The zero-order valence-corrected chi connectivity index (χ0v) is 20.1. The van der Waals surface area contributed by atoms with E-state index in [2.05, 4.69) is 24.0 Å². The second-order valence-corrected chi connectivity index (χ2v) is 10.3. The summed E-state index contributed by atoms with van der Waals surface area (Å²) in [4.78, 5) is 7.45. The Morgan fingerprint density at radius 2 is 2.06 bits per heavy atom. The molecule has 32 heavy (non-hydrogen) atoms. The maximum absolute atomic E-state index is 6.63. The lowest BCUT2D eigenvalue weighted by Gasteiger charge is -2.35. The Labute approximate surface area is 192 Å². The van der Waals surface area contributed by atoms with Crippen molar-refractivity contribution in [1.29, 1.82) is 0 Å². The fraction of sp³-hybridized carbons (Fsp3) is 0.609. The molecule has 3 aromatic heterocycles. The first kappa shape index (κ1) is 21.8. The van der Waals surface area contributed by atoms with Crippen LogP contribution in [0.15, 0.2) is 12.1 Å². The van der Waals surface area contributed by atoms with Crippen molar-refractivity contribution in [2.75, 3.05) is 31.3 Å². The topological polar surface area (TPSA) is 91.3 Å². The summed E-state index contributed by atoms with van der Waals surface area (Å²) in [6.45, 7) is 11.2. The Morgan fingerprint density at radius 1 is 1.22 bits per heavy atom. The number of pyridine rings is 1. The molecule has 2 saturated heterocycles. The largest absolute Gasteiger partial charge is 0.377 e. The van der Waals surface area contributed by atoms with E-state index in [4.69, 9.17) is 29.7 Å². The fourth-order valence-electron chi connectivity index (χ4n) is 4.60. The van der Waals surface area contributed by atoms with Crippen LogP contribution in [0.2, 0.25) is 0 Å². The molecule has 0 spiro atoms. The van der Waals surface area contributed by atoms with Crippen LogP contribution in [-0.2, 0) is 15.0 Å². The number of anilines is 1. The number of nitrogens with zero attached hydrogens (tertiary/aromatic N) is 5. The number of fused-ring (bicyclic) bond motifs is 1. The van der Waals surface area contributed by atoms with Crippen molar-refractivity contribution in [1.82, 2.24) is 19.1 Å². The highest BCUT2D eigenvalue weighted by molar-refractivity contribution is 7.13. The summed E-state index contributed by atoms with van der Waals surface area (Å²) in [5, 5.41) is 4.77. The molecule has 5 rings (SSSR count). The molecule has 0 amide bonds. The van der Waals surface area contributed by atoms with E-state index in [1.807, 2.05) is 25.5 Å². The molecule has 2 fully saturated rings. The third kappa shape index (κ3) is 3.91. The molecule has 0 bridgehead atoms. The maximum atomic E-state index is 6.63. The van der Waals surface area contributed by atoms with Crippen LogP contribution in [0.4, 0.5) is 5.82 Å². The zero-order chi connectivity index (χ0) is 22.5. The van der Waals surface area contributed by atoms with Gasteiger partial charge in [0.1, 0.15) is 17.0 Å². The lowest BCUT2D eigenvalue weighted by atomic mass is 9.95. The van der Waals surface area contributed by atoms with Crippen LogP contribution in [0.5, 0.6) is 0 Å². The predicted octanol–water partition coefficient (Wildman–Crippen LogP) is 3.98. The minimum atomic E-state index is -0.516. The average molecular weight is 457 g/mol. The molecule has 0 saturated carbocycles. The Bertz CT molecular complexity index is 1110. The van der Waals surface area contributed by atoms with Gasteiger partial charge in [-0.2, -0.15) is 9.47 Å². The van der Waals surface area contributed by atoms with E-state index in [0.29, 0.717) is 13.2 Å². The van der Waals surface area contributed by atoms with Gasteiger partial charge in [0, 0.05) is 18.7 Å². The molecule has 3 aromatic rings. The van der Waals surface area contributed by atoms with Crippen LogP contribution in [0.3, 0.4) is 0 Å². The Morgan fingerprint density at radius 3 is 2.78 bits per heavy atom. The summed E-state index contributed by atoms with van der Waals surface area (Å²) < 4.78 is 19.6. The van der Waals surface area contributed by atoms with E-state index in [1.165, 1.54) is 11.5 Å². The quantitative estimate of drug-likeness (QED) is 0.635. The lowest BCUT2D eigenvalue weighted by Crippen LogP contribution is -2.44. The first-order chi connectivity index (χ1) is 15.3. The van der Waals surface area contributed by atoms with Crippen molar-refractivity contribution in [3.63, 3.8) is 0 Å². The van der Waals surface area contributed by atoms with E-state index in [0.717, 1.165) is 71.1 Å². The van der Waals surface area contributed by atoms with Crippen LogP contribution in [0.25, 0.3) is 21.6 Å². The van der Waals surface area contributed by atoms with E-state index in [9.17, 15) is 0 Å². The van der Waals surface area contributed by atoms with Crippen LogP contribution < -0.4 is 10.6 Å². The molecule has 172 valence electrons. The molecule has 5 heterocycles. The van der Waals surface area contributed by atoms with E-state index in [1.54, 1.807) is 0 Å². The number of morpholine rings is 1.